The van der Waals surface area contributed by atoms with Crippen molar-refractivity contribution >= 4 is 11.8 Å². The summed E-state index contributed by atoms with van der Waals surface area (Å²) in [6.07, 6.45) is 1.85. The van der Waals surface area contributed by atoms with Gasteiger partial charge in [0.1, 0.15) is 0 Å². The third-order valence-corrected chi connectivity index (χ3v) is 3.53. The highest BCUT2D eigenvalue weighted by atomic mass is 32.2. The van der Waals surface area contributed by atoms with Crippen LogP contribution in [0.2, 0.25) is 0 Å². The predicted molar refractivity (Wildman–Crippen MR) is 76.0 cm³/mol. The summed E-state index contributed by atoms with van der Waals surface area (Å²) in [6, 6.07) is 10.4. The largest absolute Gasteiger partial charge is 0.394 e. The summed E-state index contributed by atoms with van der Waals surface area (Å²) in [5, 5.41) is 20.0. The Balaban J connectivity index is 1.61. The van der Waals surface area contributed by atoms with E-state index in [1.807, 2.05) is 24.0 Å². The molecule has 2 N–H and O–H groups in total. The minimum atomic E-state index is 0.0872. The Labute approximate surface area is 117 Å². The first kappa shape index (κ1) is 14.0. The molecule has 0 radical (unpaired) electrons. The number of aliphatic hydroxyl groups excluding tert-OH is 1. The maximum absolute atomic E-state index is 8.78. The molecule has 0 atom stereocenters. The molecule has 0 saturated carbocycles. The first-order chi connectivity index (χ1) is 9.38. The molecule has 0 bridgehead atoms. The molecule has 1 heterocycles. The van der Waals surface area contributed by atoms with Crippen molar-refractivity contribution in [2.45, 2.75) is 18.0 Å². The van der Waals surface area contributed by atoms with Crippen molar-refractivity contribution in [1.82, 2.24) is 20.3 Å². The zero-order valence-corrected chi connectivity index (χ0v) is 11.5. The summed E-state index contributed by atoms with van der Waals surface area (Å²) in [5.41, 5.74) is 0.901. The molecule has 0 aliphatic rings. The van der Waals surface area contributed by atoms with Gasteiger partial charge >= 0.3 is 0 Å². The van der Waals surface area contributed by atoms with Crippen molar-refractivity contribution in [3.63, 3.8) is 0 Å². The van der Waals surface area contributed by atoms with E-state index in [1.54, 1.807) is 4.68 Å². The van der Waals surface area contributed by atoms with Crippen LogP contribution in [0.3, 0.4) is 0 Å². The lowest BCUT2D eigenvalue weighted by Gasteiger charge is -2.02. The summed E-state index contributed by atoms with van der Waals surface area (Å²) in [7, 11) is 0. The lowest BCUT2D eigenvalue weighted by Crippen LogP contribution is -2.16. The number of nitrogens with one attached hydrogen (secondary N) is 1. The van der Waals surface area contributed by atoms with E-state index in [-0.39, 0.29) is 6.61 Å². The molecule has 102 valence electrons. The molecular formula is C13H18N4OS. The van der Waals surface area contributed by atoms with Gasteiger partial charge in [-0.05, 0) is 12.1 Å². The summed E-state index contributed by atoms with van der Waals surface area (Å²) >= 11 is 1.83. The third-order valence-electron chi connectivity index (χ3n) is 2.51. The molecule has 0 fully saturated rings. The zero-order valence-electron chi connectivity index (χ0n) is 10.7. The second kappa shape index (κ2) is 7.93. The minimum absolute atomic E-state index is 0.0872. The number of aliphatic hydroxyl groups is 1. The fourth-order valence-electron chi connectivity index (χ4n) is 1.61. The van der Waals surface area contributed by atoms with Crippen molar-refractivity contribution in [2.24, 2.45) is 0 Å². The van der Waals surface area contributed by atoms with Crippen LogP contribution < -0.4 is 5.32 Å². The molecule has 0 saturated heterocycles. The number of nitrogens with zero attached hydrogens (tertiary/aromatic N) is 3. The number of rotatable bonds is 8. The normalized spacial score (nSPS) is 10.8. The average molecular weight is 278 g/mol. The van der Waals surface area contributed by atoms with Gasteiger partial charge in [0.25, 0.3) is 0 Å². The van der Waals surface area contributed by atoms with E-state index < -0.39 is 0 Å². The highest BCUT2D eigenvalue weighted by Crippen LogP contribution is 2.15. The predicted octanol–water partition coefficient (Wildman–Crippen LogP) is 1.15. The second-order valence-corrected chi connectivity index (χ2v) is 5.20. The van der Waals surface area contributed by atoms with Crippen molar-refractivity contribution in [2.75, 3.05) is 18.9 Å². The molecule has 0 aliphatic carbocycles. The van der Waals surface area contributed by atoms with Crippen molar-refractivity contribution in [3.05, 3.63) is 42.2 Å². The standard InChI is InChI=1S/C13H18N4OS/c18-8-7-17-11-12(15-16-17)10-14-6-9-19-13-4-2-1-3-5-13/h1-5,11,14,18H,6-10H2. The molecular weight excluding hydrogens is 260 g/mol. The van der Waals surface area contributed by atoms with Gasteiger partial charge in [-0.3, -0.25) is 0 Å². The number of hydrogen-bond acceptors (Lipinski definition) is 5. The third kappa shape index (κ3) is 5.02. The van der Waals surface area contributed by atoms with Crippen LogP contribution in [-0.2, 0) is 13.1 Å². The van der Waals surface area contributed by atoms with Gasteiger partial charge in [-0.15, -0.1) is 16.9 Å². The Morgan fingerprint density at radius 3 is 2.89 bits per heavy atom. The van der Waals surface area contributed by atoms with E-state index in [0.717, 1.165) is 18.0 Å². The number of hydrogen-bond donors (Lipinski definition) is 2. The van der Waals surface area contributed by atoms with Crippen LogP contribution >= 0.6 is 11.8 Å². The molecule has 0 spiro atoms. The highest BCUT2D eigenvalue weighted by Gasteiger charge is 1.99. The number of aromatic nitrogens is 3. The smallest absolute Gasteiger partial charge is 0.0964 e. The Bertz CT molecular complexity index is 475. The lowest BCUT2D eigenvalue weighted by molar-refractivity contribution is 0.268. The summed E-state index contributed by atoms with van der Waals surface area (Å²) < 4.78 is 1.65. The zero-order chi connectivity index (χ0) is 13.3. The van der Waals surface area contributed by atoms with Crippen LogP contribution in [-0.4, -0.2) is 39.0 Å². The van der Waals surface area contributed by atoms with Crippen molar-refractivity contribution in [1.29, 1.82) is 0 Å². The van der Waals surface area contributed by atoms with E-state index in [1.165, 1.54) is 4.90 Å². The highest BCUT2D eigenvalue weighted by molar-refractivity contribution is 7.99. The number of benzene rings is 1. The first-order valence-electron chi connectivity index (χ1n) is 6.27. The van der Waals surface area contributed by atoms with E-state index in [9.17, 15) is 0 Å². The molecule has 2 rings (SSSR count). The van der Waals surface area contributed by atoms with Crippen LogP contribution in [0.4, 0.5) is 0 Å². The molecule has 0 amide bonds. The molecule has 1 aromatic carbocycles. The van der Waals surface area contributed by atoms with Gasteiger partial charge < -0.3 is 10.4 Å². The van der Waals surface area contributed by atoms with Gasteiger partial charge in [-0.1, -0.05) is 23.4 Å². The fourth-order valence-corrected chi connectivity index (χ4v) is 2.44. The maximum atomic E-state index is 8.78. The van der Waals surface area contributed by atoms with Gasteiger partial charge in [0.05, 0.1) is 18.8 Å². The monoisotopic (exact) mass is 278 g/mol. The van der Waals surface area contributed by atoms with Gasteiger partial charge in [-0.25, -0.2) is 4.68 Å². The van der Waals surface area contributed by atoms with Gasteiger partial charge in [0.2, 0.25) is 0 Å². The molecule has 6 heteroatoms. The quantitative estimate of drug-likeness (QED) is 0.560. The fraction of sp³-hybridized carbons (Fsp3) is 0.385. The van der Waals surface area contributed by atoms with E-state index >= 15 is 0 Å². The minimum Gasteiger partial charge on any atom is -0.394 e. The summed E-state index contributed by atoms with van der Waals surface area (Å²) in [4.78, 5) is 1.29. The van der Waals surface area contributed by atoms with E-state index in [4.69, 9.17) is 5.11 Å². The molecule has 1 aromatic heterocycles. The SMILES string of the molecule is OCCn1cc(CNCCSc2ccccc2)nn1. The summed E-state index contributed by atoms with van der Waals surface area (Å²) in [5.74, 6) is 1.02. The van der Waals surface area contributed by atoms with Gasteiger partial charge in [0.15, 0.2) is 0 Å². The van der Waals surface area contributed by atoms with E-state index in [0.29, 0.717) is 13.1 Å². The summed E-state index contributed by atoms with van der Waals surface area (Å²) in [6.45, 7) is 2.22. The van der Waals surface area contributed by atoms with Crippen LogP contribution in [0.1, 0.15) is 5.69 Å². The molecule has 0 unspecified atom stereocenters. The molecule has 2 aromatic rings. The molecule has 0 aliphatic heterocycles. The topological polar surface area (TPSA) is 63.0 Å². The van der Waals surface area contributed by atoms with Crippen LogP contribution in [0.15, 0.2) is 41.4 Å². The van der Waals surface area contributed by atoms with Crippen LogP contribution in [0, 0.1) is 0 Å². The molecule has 5 nitrogen and oxygen atoms in total. The molecule has 19 heavy (non-hydrogen) atoms. The van der Waals surface area contributed by atoms with Gasteiger partial charge in [-0.2, -0.15) is 0 Å². The van der Waals surface area contributed by atoms with Crippen molar-refractivity contribution in [3.8, 4) is 0 Å². The van der Waals surface area contributed by atoms with Crippen LogP contribution in [0.25, 0.3) is 0 Å². The Morgan fingerprint density at radius 1 is 1.26 bits per heavy atom. The van der Waals surface area contributed by atoms with Crippen LogP contribution in [0.5, 0.6) is 0 Å². The lowest BCUT2D eigenvalue weighted by atomic mass is 10.4. The second-order valence-electron chi connectivity index (χ2n) is 4.03. The first-order valence-corrected chi connectivity index (χ1v) is 7.25. The average Bonchev–Trinajstić information content (AvgIpc) is 2.88. The Hall–Kier alpha value is -1.37. The van der Waals surface area contributed by atoms with E-state index in [2.05, 4.69) is 39.9 Å². The Morgan fingerprint density at radius 2 is 2.11 bits per heavy atom. The van der Waals surface area contributed by atoms with Gasteiger partial charge in [0, 0.05) is 29.9 Å². The maximum Gasteiger partial charge on any atom is 0.0964 e. The Kier molecular flexibility index (Phi) is 5.87. The van der Waals surface area contributed by atoms with Crippen molar-refractivity contribution < 1.29 is 5.11 Å². The number of thioether (sulfide) groups is 1.